The van der Waals surface area contributed by atoms with E-state index in [2.05, 4.69) is 11.2 Å². The zero-order valence-electron chi connectivity index (χ0n) is 12.8. The number of carbonyl (C=O) groups excluding carboxylic acids is 1. The van der Waals surface area contributed by atoms with Crippen molar-refractivity contribution in [2.75, 3.05) is 36.9 Å². The molecule has 118 valence electrons. The van der Waals surface area contributed by atoms with Crippen LogP contribution in [0, 0.1) is 18.3 Å². The van der Waals surface area contributed by atoms with Crippen molar-refractivity contribution < 1.29 is 9.53 Å². The molecule has 0 saturated carbocycles. The van der Waals surface area contributed by atoms with Crippen LogP contribution in [0.15, 0.2) is 24.3 Å². The van der Waals surface area contributed by atoms with Crippen LogP contribution in [0.4, 0.5) is 11.6 Å². The third kappa shape index (κ3) is 2.76. The molecule has 7 heteroatoms. The molecule has 0 bridgehead atoms. The molecule has 2 heterocycles. The summed E-state index contributed by atoms with van der Waals surface area (Å²) in [6.07, 6.45) is 0. The molecule has 1 aliphatic rings. The first kappa shape index (κ1) is 15.1. The minimum Gasteiger partial charge on any atom is -0.381 e. The Balaban J connectivity index is 2.06. The van der Waals surface area contributed by atoms with Crippen LogP contribution in [-0.4, -0.2) is 42.0 Å². The number of morpholine rings is 1. The van der Waals surface area contributed by atoms with E-state index in [1.807, 2.05) is 24.0 Å². The fourth-order valence-corrected chi connectivity index (χ4v) is 2.56. The highest BCUT2D eigenvalue weighted by molar-refractivity contribution is 5.98. The normalized spacial score (nSPS) is 14.5. The Morgan fingerprint density at radius 1 is 1.30 bits per heavy atom. The summed E-state index contributed by atoms with van der Waals surface area (Å²) in [4.78, 5) is 14.7. The Hall–Kier alpha value is -2.85. The summed E-state index contributed by atoms with van der Waals surface area (Å²) in [7, 11) is 0. The van der Waals surface area contributed by atoms with Crippen molar-refractivity contribution in [1.82, 2.24) is 9.78 Å². The standard InChI is InChI=1S/C16H17N5O2/c1-11-2-4-12(5-3-11)16(22)21-15(13(10-17)14(18)19-21)20-6-8-23-9-7-20/h2-5H,6-9H2,1H3,(H2,18,19). The molecule has 23 heavy (non-hydrogen) atoms. The highest BCUT2D eigenvalue weighted by Crippen LogP contribution is 2.27. The average molecular weight is 311 g/mol. The Bertz CT molecular complexity index is 767. The van der Waals surface area contributed by atoms with Gasteiger partial charge < -0.3 is 15.4 Å². The summed E-state index contributed by atoms with van der Waals surface area (Å²) in [5.41, 5.74) is 7.62. The topological polar surface area (TPSA) is 97.2 Å². The number of ether oxygens (including phenoxy) is 1. The van der Waals surface area contributed by atoms with Crippen molar-refractivity contribution in [1.29, 1.82) is 5.26 Å². The predicted octanol–water partition coefficient (Wildman–Crippen LogP) is 1.17. The van der Waals surface area contributed by atoms with Crippen LogP contribution in [0.2, 0.25) is 0 Å². The van der Waals surface area contributed by atoms with E-state index in [0.29, 0.717) is 37.7 Å². The molecule has 0 radical (unpaired) electrons. The molecule has 1 saturated heterocycles. The monoisotopic (exact) mass is 311 g/mol. The zero-order chi connectivity index (χ0) is 16.4. The summed E-state index contributed by atoms with van der Waals surface area (Å²) in [5, 5.41) is 13.5. The van der Waals surface area contributed by atoms with Gasteiger partial charge in [-0.15, -0.1) is 5.10 Å². The second kappa shape index (κ2) is 6.10. The quantitative estimate of drug-likeness (QED) is 0.894. The number of nitrogens with zero attached hydrogens (tertiary/aromatic N) is 4. The van der Waals surface area contributed by atoms with Crippen molar-refractivity contribution in [3.8, 4) is 6.07 Å². The van der Waals surface area contributed by atoms with Gasteiger partial charge in [-0.25, -0.2) is 0 Å². The van der Waals surface area contributed by atoms with Crippen LogP contribution in [0.5, 0.6) is 0 Å². The van der Waals surface area contributed by atoms with Gasteiger partial charge in [-0.3, -0.25) is 4.79 Å². The number of aromatic nitrogens is 2. The number of nitrogens with two attached hydrogens (primary N) is 1. The first-order valence-electron chi connectivity index (χ1n) is 7.34. The fourth-order valence-electron chi connectivity index (χ4n) is 2.56. The Morgan fingerprint density at radius 2 is 1.96 bits per heavy atom. The fraction of sp³-hybridized carbons (Fsp3) is 0.312. The van der Waals surface area contributed by atoms with Crippen LogP contribution in [-0.2, 0) is 4.74 Å². The summed E-state index contributed by atoms with van der Waals surface area (Å²) >= 11 is 0. The maximum atomic E-state index is 12.8. The van der Waals surface area contributed by atoms with Crippen molar-refractivity contribution in [2.45, 2.75) is 6.92 Å². The lowest BCUT2D eigenvalue weighted by Crippen LogP contribution is -2.38. The van der Waals surface area contributed by atoms with E-state index in [-0.39, 0.29) is 17.3 Å². The third-order valence-corrected chi connectivity index (χ3v) is 3.80. The molecule has 1 aliphatic heterocycles. The number of anilines is 2. The van der Waals surface area contributed by atoms with Crippen LogP contribution >= 0.6 is 0 Å². The van der Waals surface area contributed by atoms with Crippen LogP contribution in [0.25, 0.3) is 0 Å². The number of carbonyl (C=O) groups is 1. The molecule has 1 fully saturated rings. The molecule has 0 spiro atoms. The van der Waals surface area contributed by atoms with E-state index in [1.54, 1.807) is 12.1 Å². The SMILES string of the molecule is Cc1ccc(C(=O)n2nc(N)c(C#N)c2N2CCOCC2)cc1. The van der Waals surface area contributed by atoms with Gasteiger partial charge in [0, 0.05) is 18.7 Å². The van der Waals surface area contributed by atoms with Crippen LogP contribution in [0.3, 0.4) is 0 Å². The maximum Gasteiger partial charge on any atom is 0.280 e. The minimum absolute atomic E-state index is 0.0643. The van der Waals surface area contributed by atoms with Crippen molar-refractivity contribution >= 4 is 17.5 Å². The zero-order valence-corrected chi connectivity index (χ0v) is 12.8. The lowest BCUT2D eigenvalue weighted by molar-refractivity contribution is 0.0941. The van der Waals surface area contributed by atoms with E-state index >= 15 is 0 Å². The van der Waals surface area contributed by atoms with Gasteiger partial charge in [0.05, 0.1) is 13.2 Å². The van der Waals surface area contributed by atoms with Crippen molar-refractivity contribution in [2.24, 2.45) is 0 Å². The minimum atomic E-state index is -0.306. The predicted molar refractivity (Wildman–Crippen MR) is 85.3 cm³/mol. The van der Waals surface area contributed by atoms with Gasteiger partial charge in [0.1, 0.15) is 11.6 Å². The molecular formula is C16H17N5O2. The number of hydrogen-bond donors (Lipinski definition) is 1. The number of rotatable bonds is 2. The third-order valence-electron chi connectivity index (χ3n) is 3.80. The van der Waals surface area contributed by atoms with Gasteiger partial charge in [-0.2, -0.15) is 9.94 Å². The van der Waals surface area contributed by atoms with E-state index in [9.17, 15) is 10.1 Å². The summed E-state index contributed by atoms with van der Waals surface area (Å²) in [6.45, 7) is 4.19. The van der Waals surface area contributed by atoms with Crippen LogP contribution in [0.1, 0.15) is 21.5 Å². The number of aryl methyl sites for hydroxylation is 1. The highest BCUT2D eigenvalue weighted by atomic mass is 16.5. The number of benzene rings is 1. The first-order valence-corrected chi connectivity index (χ1v) is 7.34. The van der Waals surface area contributed by atoms with Gasteiger partial charge in [-0.1, -0.05) is 17.7 Å². The first-order chi connectivity index (χ1) is 11.1. The van der Waals surface area contributed by atoms with Gasteiger partial charge in [-0.05, 0) is 19.1 Å². The molecule has 0 aliphatic carbocycles. The second-order valence-corrected chi connectivity index (χ2v) is 5.38. The van der Waals surface area contributed by atoms with E-state index in [0.717, 1.165) is 5.56 Å². The molecule has 0 atom stereocenters. The van der Waals surface area contributed by atoms with E-state index in [4.69, 9.17) is 10.5 Å². The number of nitriles is 1. The average Bonchev–Trinajstić information content (AvgIpc) is 2.92. The van der Waals surface area contributed by atoms with Crippen molar-refractivity contribution in [3.05, 3.63) is 41.0 Å². The molecule has 1 aromatic heterocycles. The van der Waals surface area contributed by atoms with Crippen molar-refractivity contribution in [3.63, 3.8) is 0 Å². The molecule has 2 aromatic rings. The Morgan fingerprint density at radius 3 is 2.57 bits per heavy atom. The summed E-state index contributed by atoms with van der Waals surface area (Å²) < 4.78 is 6.56. The van der Waals surface area contributed by atoms with E-state index < -0.39 is 0 Å². The highest BCUT2D eigenvalue weighted by Gasteiger charge is 2.27. The largest absolute Gasteiger partial charge is 0.381 e. The smallest absolute Gasteiger partial charge is 0.280 e. The molecule has 2 N–H and O–H groups in total. The molecule has 3 rings (SSSR count). The van der Waals surface area contributed by atoms with Gasteiger partial charge in [0.15, 0.2) is 11.6 Å². The molecule has 0 unspecified atom stereocenters. The summed E-state index contributed by atoms with van der Waals surface area (Å²) in [6, 6.07) is 9.26. The Labute approximate surface area is 133 Å². The van der Waals surface area contributed by atoms with Gasteiger partial charge in [0.25, 0.3) is 5.91 Å². The molecule has 0 amide bonds. The van der Waals surface area contributed by atoms with E-state index in [1.165, 1.54) is 4.68 Å². The second-order valence-electron chi connectivity index (χ2n) is 5.38. The van der Waals surface area contributed by atoms with Gasteiger partial charge >= 0.3 is 0 Å². The molecule has 7 nitrogen and oxygen atoms in total. The lowest BCUT2D eigenvalue weighted by atomic mass is 10.1. The Kier molecular flexibility index (Phi) is 4.00. The number of nitrogen functional groups attached to an aromatic ring is 1. The molecular weight excluding hydrogens is 294 g/mol. The van der Waals surface area contributed by atoms with Crippen LogP contribution < -0.4 is 10.6 Å². The van der Waals surface area contributed by atoms with Gasteiger partial charge in [0.2, 0.25) is 0 Å². The molecule has 1 aromatic carbocycles. The number of hydrogen-bond acceptors (Lipinski definition) is 6. The maximum absolute atomic E-state index is 12.8. The lowest BCUT2D eigenvalue weighted by Gasteiger charge is -2.28. The summed E-state index contributed by atoms with van der Waals surface area (Å²) in [5.74, 6) is 0.202.